The van der Waals surface area contributed by atoms with Gasteiger partial charge in [-0.3, -0.25) is 0 Å². The molecule has 1 atom stereocenters. The van der Waals surface area contributed by atoms with Gasteiger partial charge in [0.05, 0.1) is 11.6 Å². The molecule has 0 spiro atoms. The van der Waals surface area contributed by atoms with Crippen LogP contribution in [-0.4, -0.2) is 37.3 Å². The average Bonchev–Trinajstić information content (AvgIpc) is 2.44. The number of hydrogen-bond acceptors (Lipinski definition) is 5. The number of nitrogens with zero attached hydrogens (tertiary/aromatic N) is 3. The third kappa shape index (κ3) is 1.94. The van der Waals surface area contributed by atoms with Crippen molar-refractivity contribution in [3.63, 3.8) is 0 Å². The van der Waals surface area contributed by atoms with Gasteiger partial charge in [-0.15, -0.1) is 0 Å². The van der Waals surface area contributed by atoms with Crippen molar-refractivity contribution >= 4 is 5.82 Å². The summed E-state index contributed by atoms with van der Waals surface area (Å²) in [6.07, 6.45) is -3.90. The van der Waals surface area contributed by atoms with Gasteiger partial charge in [0.2, 0.25) is 0 Å². The zero-order chi connectivity index (χ0) is 14.3. The number of anilines is 1. The van der Waals surface area contributed by atoms with Gasteiger partial charge in [-0.1, -0.05) is 0 Å². The van der Waals surface area contributed by atoms with Crippen LogP contribution >= 0.6 is 0 Å². The van der Waals surface area contributed by atoms with E-state index >= 15 is 0 Å². The molecule has 5 nitrogen and oxygen atoms in total. The number of piperazine rings is 1. The standard InChI is InChI=1S/C12H11F3N4O/c13-12(14,15)9-5-18-11-10(8(9)3-16)20-6-7-4-17-1-2-19(7)11/h5,7,17H,1-2,4,6H2/t7-/m1/s1. The number of rotatable bonds is 0. The van der Waals surface area contributed by atoms with Crippen molar-refractivity contribution in [1.29, 1.82) is 5.26 Å². The van der Waals surface area contributed by atoms with Crippen molar-refractivity contribution in [2.24, 2.45) is 0 Å². The molecule has 3 heterocycles. The fraction of sp³-hybridized carbons (Fsp3) is 0.500. The van der Waals surface area contributed by atoms with Gasteiger partial charge in [0.1, 0.15) is 18.2 Å². The van der Waals surface area contributed by atoms with Crippen molar-refractivity contribution in [3.05, 3.63) is 17.3 Å². The molecule has 1 aromatic heterocycles. The second-order valence-electron chi connectivity index (χ2n) is 4.67. The van der Waals surface area contributed by atoms with Crippen LogP contribution in [0.15, 0.2) is 6.20 Å². The van der Waals surface area contributed by atoms with Crippen molar-refractivity contribution in [3.8, 4) is 11.8 Å². The molecule has 1 N–H and O–H groups in total. The van der Waals surface area contributed by atoms with Crippen LogP contribution in [-0.2, 0) is 6.18 Å². The lowest BCUT2D eigenvalue weighted by Gasteiger charge is -2.41. The van der Waals surface area contributed by atoms with Crippen LogP contribution in [0.3, 0.4) is 0 Å². The van der Waals surface area contributed by atoms with Crippen molar-refractivity contribution in [2.45, 2.75) is 12.2 Å². The second kappa shape index (κ2) is 4.52. The maximum atomic E-state index is 12.9. The Bertz CT molecular complexity index is 581. The molecular formula is C12H11F3N4O. The summed E-state index contributed by atoms with van der Waals surface area (Å²) in [5, 5.41) is 12.2. The SMILES string of the molecule is N#Cc1c(C(F)(F)F)cnc2c1OC[C@H]1CNCCN21. The van der Waals surface area contributed by atoms with E-state index in [9.17, 15) is 13.2 Å². The van der Waals surface area contributed by atoms with E-state index in [2.05, 4.69) is 10.3 Å². The molecule has 0 radical (unpaired) electrons. The van der Waals surface area contributed by atoms with Crippen LogP contribution in [0.5, 0.6) is 5.75 Å². The van der Waals surface area contributed by atoms with Gasteiger partial charge in [-0.2, -0.15) is 18.4 Å². The molecule has 0 aliphatic carbocycles. The Hall–Kier alpha value is -2.01. The Balaban J connectivity index is 2.11. The number of fused-ring (bicyclic) bond motifs is 3. The molecule has 0 saturated carbocycles. The zero-order valence-electron chi connectivity index (χ0n) is 10.4. The molecular weight excluding hydrogens is 273 g/mol. The van der Waals surface area contributed by atoms with Gasteiger partial charge in [-0.25, -0.2) is 4.98 Å². The first kappa shape index (κ1) is 13.0. The molecule has 20 heavy (non-hydrogen) atoms. The van der Waals surface area contributed by atoms with Crippen molar-refractivity contribution in [1.82, 2.24) is 10.3 Å². The van der Waals surface area contributed by atoms with Crippen LogP contribution in [0.4, 0.5) is 19.0 Å². The summed E-state index contributed by atoms with van der Waals surface area (Å²) < 4.78 is 44.0. The van der Waals surface area contributed by atoms with E-state index in [1.807, 2.05) is 4.90 Å². The zero-order valence-corrected chi connectivity index (χ0v) is 10.4. The van der Waals surface area contributed by atoms with Crippen LogP contribution < -0.4 is 15.0 Å². The molecule has 0 amide bonds. The minimum atomic E-state index is -4.61. The van der Waals surface area contributed by atoms with Crippen molar-refractivity contribution in [2.75, 3.05) is 31.1 Å². The Morgan fingerprint density at radius 3 is 3.00 bits per heavy atom. The Morgan fingerprint density at radius 2 is 2.30 bits per heavy atom. The average molecular weight is 284 g/mol. The Kier molecular flexibility index (Phi) is 2.94. The first-order valence-corrected chi connectivity index (χ1v) is 6.13. The third-order valence-electron chi connectivity index (χ3n) is 3.47. The van der Waals surface area contributed by atoms with Gasteiger partial charge in [-0.05, 0) is 0 Å². The molecule has 3 rings (SSSR count). The summed E-state index contributed by atoms with van der Waals surface area (Å²) in [5.41, 5.74) is -1.54. The maximum absolute atomic E-state index is 12.9. The highest BCUT2D eigenvalue weighted by molar-refractivity contribution is 5.65. The number of halogens is 3. The van der Waals surface area contributed by atoms with Crippen molar-refractivity contribution < 1.29 is 17.9 Å². The van der Waals surface area contributed by atoms with Gasteiger partial charge < -0.3 is 15.0 Å². The quantitative estimate of drug-likeness (QED) is 0.774. The van der Waals surface area contributed by atoms with Gasteiger partial charge >= 0.3 is 6.18 Å². The number of nitriles is 1. The lowest BCUT2D eigenvalue weighted by molar-refractivity contribution is -0.138. The predicted molar refractivity (Wildman–Crippen MR) is 63.5 cm³/mol. The van der Waals surface area contributed by atoms with Crippen LogP contribution in [0.25, 0.3) is 0 Å². The second-order valence-corrected chi connectivity index (χ2v) is 4.67. The summed E-state index contributed by atoms with van der Waals surface area (Å²) in [4.78, 5) is 5.78. The van der Waals surface area contributed by atoms with E-state index in [0.717, 1.165) is 6.54 Å². The van der Waals surface area contributed by atoms with Gasteiger partial charge in [0, 0.05) is 25.8 Å². The van der Waals surface area contributed by atoms with Crippen LogP contribution in [0.1, 0.15) is 11.1 Å². The molecule has 0 aromatic carbocycles. The van der Waals surface area contributed by atoms with E-state index in [1.165, 1.54) is 0 Å². The molecule has 2 aliphatic heterocycles. The highest BCUT2D eigenvalue weighted by Gasteiger charge is 2.40. The van der Waals surface area contributed by atoms with E-state index in [1.54, 1.807) is 6.07 Å². The fourth-order valence-electron chi connectivity index (χ4n) is 2.52. The molecule has 2 aliphatic rings. The lowest BCUT2D eigenvalue weighted by Crippen LogP contribution is -2.56. The molecule has 0 bridgehead atoms. The largest absolute Gasteiger partial charge is 0.486 e. The minimum Gasteiger partial charge on any atom is -0.486 e. The van der Waals surface area contributed by atoms with E-state index in [4.69, 9.17) is 10.00 Å². The molecule has 1 saturated heterocycles. The Labute approximate surface area is 113 Å². The number of hydrogen-bond donors (Lipinski definition) is 1. The monoisotopic (exact) mass is 284 g/mol. The number of alkyl halides is 3. The molecule has 8 heteroatoms. The first-order valence-electron chi connectivity index (χ1n) is 6.13. The highest BCUT2D eigenvalue weighted by Crippen LogP contribution is 2.41. The molecule has 1 aromatic rings. The first-order chi connectivity index (χ1) is 9.52. The van der Waals surface area contributed by atoms with Gasteiger partial charge in [0.15, 0.2) is 11.6 Å². The lowest BCUT2D eigenvalue weighted by atomic mass is 10.1. The third-order valence-corrected chi connectivity index (χ3v) is 3.47. The summed E-state index contributed by atoms with van der Waals surface area (Å²) >= 11 is 0. The van der Waals surface area contributed by atoms with Gasteiger partial charge in [0.25, 0.3) is 0 Å². The summed E-state index contributed by atoms with van der Waals surface area (Å²) in [6.45, 7) is 2.28. The summed E-state index contributed by atoms with van der Waals surface area (Å²) in [5.74, 6) is 0.271. The topological polar surface area (TPSA) is 61.2 Å². The molecule has 0 unspecified atom stereocenters. The maximum Gasteiger partial charge on any atom is 0.419 e. The number of pyridine rings is 1. The molecule has 1 fully saturated rings. The summed E-state index contributed by atoms with van der Waals surface area (Å²) in [6, 6.07) is 1.63. The number of nitrogens with one attached hydrogen (secondary N) is 1. The normalized spacial score (nSPS) is 21.5. The smallest absolute Gasteiger partial charge is 0.419 e. The van der Waals surface area contributed by atoms with Crippen LogP contribution in [0.2, 0.25) is 0 Å². The number of ether oxygens (including phenoxy) is 1. The Morgan fingerprint density at radius 1 is 1.50 bits per heavy atom. The molecule has 106 valence electrons. The highest BCUT2D eigenvalue weighted by atomic mass is 19.4. The summed E-state index contributed by atoms with van der Waals surface area (Å²) in [7, 11) is 0. The number of aromatic nitrogens is 1. The van der Waals surface area contributed by atoms with Crippen LogP contribution in [0, 0.1) is 11.3 Å². The fourth-order valence-corrected chi connectivity index (χ4v) is 2.52. The predicted octanol–water partition coefficient (Wildman–Crippen LogP) is 1.14. The van der Waals surface area contributed by atoms with E-state index in [0.29, 0.717) is 25.1 Å². The van der Waals surface area contributed by atoms with E-state index in [-0.39, 0.29) is 18.4 Å². The van der Waals surface area contributed by atoms with E-state index < -0.39 is 17.3 Å². The minimum absolute atomic E-state index is 0.0343.